The van der Waals surface area contributed by atoms with Gasteiger partial charge in [-0.2, -0.15) is 5.10 Å². The van der Waals surface area contributed by atoms with Gasteiger partial charge in [-0.05, 0) is 46.7 Å². The minimum Gasteiger partial charge on any atom is -0.486 e. The summed E-state index contributed by atoms with van der Waals surface area (Å²) in [7, 11) is 1.28. The van der Waals surface area contributed by atoms with Crippen LogP contribution in [0.3, 0.4) is 0 Å². The van der Waals surface area contributed by atoms with Crippen LogP contribution in [0.4, 0.5) is 0 Å². The predicted molar refractivity (Wildman–Crippen MR) is 157 cm³/mol. The molecule has 0 unspecified atom stereocenters. The Labute approximate surface area is 233 Å². The number of aromatic nitrogens is 1. The first kappa shape index (κ1) is 27.7. The molecule has 1 aromatic heterocycles. The molecule has 202 valence electrons. The van der Waals surface area contributed by atoms with Crippen LogP contribution in [-0.4, -0.2) is 41.7 Å². The van der Waals surface area contributed by atoms with Gasteiger partial charge in [0.25, 0.3) is 5.91 Å². The Hall–Kier alpha value is -5.29. The second-order valence-electron chi connectivity index (χ2n) is 8.75. The summed E-state index contributed by atoms with van der Waals surface area (Å²) >= 11 is 0. The number of hydrogen-bond donors (Lipinski definition) is 2. The molecule has 0 bridgehead atoms. The number of esters is 1. The highest BCUT2D eigenvalue weighted by Crippen LogP contribution is 2.39. The Balaban J connectivity index is 0.00000181. The van der Waals surface area contributed by atoms with Gasteiger partial charge >= 0.3 is 5.97 Å². The summed E-state index contributed by atoms with van der Waals surface area (Å²) < 4.78 is 11.1. The first-order chi connectivity index (χ1) is 19.6. The molecule has 0 atom stereocenters. The van der Waals surface area contributed by atoms with Crippen LogP contribution in [0.15, 0.2) is 89.8 Å². The second-order valence-corrected chi connectivity index (χ2v) is 8.75. The number of carbonyl (C=O) groups is 2. The van der Waals surface area contributed by atoms with Crippen molar-refractivity contribution in [3.63, 3.8) is 0 Å². The lowest BCUT2D eigenvalue weighted by Gasteiger charge is -2.32. The minimum atomic E-state index is -0.547. The van der Waals surface area contributed by atoms with Crippen molar-refractivity contribution in [2.75, 3.05) is 13.7 Å². The first-order valence-corrected chi connectivity index (χ1v) is 12.6. The summed E-state index contributed by atoms with van der Waals surface area (Å²) in [6.45, 7) is 2.12. The van der Waals surface area contributed by atoms with E-state index >= 15 is 0 Å². The maximum Gasteiger partial charge on any atom is 0.325 e. The lowest BCUT2D eigenvalue weighted by Crippen LogP contribution is -2.38. The molecule has 1 aliphatic heterocycles. The van der Waals surface area contributed by atoms with Crippen LogP contribution in [0, 0.1) is 12.8 Å². The Bertz CT molecular complexity index is 1580. The summed E-state index contributed by atoms with van der Waals surface area (Å²) in [5, 5.41) is 9.89. The van der Waals surface area contributed by atoms with Crippen LogP contribution in [0.1, 0.15) is 23.6 Å². The standard InChI is InChI=1S/C30H28N4O4.C2H2/c1-3-33-34-18-25-23(22-13-12-21-14-15-31-26(21)16-22)10-7-11-24(25)29(38-19-20-8-5-4-6-9-20)28(34)30(36)32-17-27(35)37-2;1-2/h3-16,31H,17-19H2,1-2H3,(H,32,36);1-2H/b33-3-;. The molecule has 5 rings (SSSR count). The summed E-state index contributed by atoms with van der Waals surface area (Å²) in [6, 6.07) is 24.0. The number of carbonyl (C=O) groups excluding carboxylic acids is 2. The third-order valence-electron chi connectivity index (χ3n) is 6.38. The summed E-state index contributed by atoms with van der Waals surface area (Å²) in [5.41, 5.74) is 6.07. The topological polar surface area (TPSA) is 96.0 Å². The summed E-state index contributed by atoms with van der Waals surface area (Å²) in [6.07, 6.45) is 11.5. The molecule has 0 saturated heterocycles. The van der Waals surface area contributed by atoms with E-state index in [1.807, 2.05) is 54.7 Å². The third kappa shape index (κ3) is 5.89. The maximum atomic E-state index is 13.4. The molecule has 1 amide bonds. The van der Waals surface area contributed by atoms with Gasteiger partial charge in [0, 0.05) is 23.5 Å². The van der Waals surface area contributed by atoms with Gasteiger partial charge < -0.3 is 19.8 Å². The normalized spacial score (nSPS) is 12.4. The third-order valence-corrected chi connectivity index (χ3v) is 6.38. The molecule has 2 N–H and O–H groups in total. The molecule has 1 aliphatic rings. The predicted octanol–water partition coefficient (Wildman–Crippen LogP) is 5.08. The van der Waals surface area contributed by atoms with E-state index in [9.17, 15) is 9.59 Å². The quantitative estimate of drug-likeness (QED) is 0.187. The highest BCUT2D eigenvalue weighted by molar-refractivity contribution is 6.02. The van der Waals surface area contributed by atoms with Crippen LogP contribution < -0.4 is 5.32 Å². The Kier molecular flexibility index (Phi) is 9.00. The molecule has 4 aromatic rings. The average Bonchev–Trinajstić information content (AvgIpc) is 3.48. The minimum absolute atomic E-state index is 0.229. The number of fused-ring (bicyclic) bond motifs is 2. The Morgan fingerprint density at radius 1 is 1.05 bits per heavy atom. The smallest absolute Gasteiger partial charge is 0.325 e. The highest BCUT2D eigenvalue weighted by atomic mass is 16.5. The van der Waals surface area contributed by atoms with Crippen molar-refractivity contribution in [1.82, 2.24) is 15.3 Å². The van der Waals surface area contributed by atoms with Crippen LogP contribution >= 0.6 is 0 Å². The fraction of sp³-hybridized carbons (Fsp3) is 0.156. The van der Waals surface area contributed by atoms with E-state index in [0.29, 0.717) is 12.3 Å². The van der Waals surface area contributed by atoms with E-state index in [1.165, 1.54) is 7.11 Å². The zero-order valence-corrected chi connectivity index (χ0v) is 22.4. The number of hydrazone groups is 1. The molecule has 0 spiro atoms. The maximum absolute atomic E-state index is 13.4. The van der Waals surface area contributed by atoms with E-state index in [2.05, 4.69) is 52.5 Å². The van der Waals surface area contributed by atoms with Crippen LogP contribution in [0.25, 0.3) is 27.8 Å². The van der Waals surface area contributed by atoms with Gasteiger partial charge in [0.05, 0.1) is 13.7 Å². The van der Waals surface area contributed by atoms with Crippen LogP contribution in [-0.2, 0) is 32.2 Å². The zero-order valence-electron chi connectivity index (χ0n) is 22.4. The van der Waals surface area contributed by atoms with Gasteiger partial charge in [-0.1, -0.05) is 60.7 Å². The first-order valence-electron chi connectivity index (χ1n) is 12.6. The number of methoxy groups -OCH3 is 1. The number of nitrogens with one attached hydrogen (secondary N) is 2. The molecule has 0 fully saturated rings. The molecule has 3 aromatic carbocycles. The molecule has 0 aliphatic carbocycles. The second kappa shape index (κ2) is 13.0. The number of ether oxygens (including phenoxy) is 2. The van der Waals surface area contributed by atoms with Crippen LogP contribution in [0.5, 0.6) is 0 Å². The number of nitrogens with zero attached hydrogens (tertiary/aromatic N) is 2. The van der Waals surface area contributed by atoms with Gasteiger partial charge in [0.1, 0.15) is 13.2 Å². The number of terminal acetylenes is 1. The monoisotopic (exact) mass is 534 g/mol. The van der Waals surface area contributed by atoms with Crippen molar-refractivity contribution in [2.45, 2.75) is 20.1 Å². The number of rotatable bonds is 8. The molecule has 8 nitrogen and oxygen atoms in total. The molecular formula is C32H30N4O4. The largest absolute Gasteiger partial charge is 0.486 e. The highest BCUT2D eigenvalue weighted by Gasteiger charge is 2.33. The van der Waals surface area contributed by atoms with Crippen molar-refractivity contribution in [3.05, 3.63) is 101 Å². The molecule has 0 saturated carbocycles. The van der Waals surface area contributed by atoms with Gasteiger partial charge in [-0.25, -0.2) is 0 Å². The Morgan fingerprint density at radius 2 is 1.82 bits per heavy atom. The van der Waals surface area contributed by atoms with Crippen LogP contribution in [0.2, 0.25) is 0 Å². The van der Waals surface area contributed by atoms with E-state index in [4.69, 9.17) is 9.47 Å². The van der Waals surface area contributed by atoms with Gasteiger partial charge in [0.15, 0.2) is 11.5 Å². The number of hydrogen-bond acceptors (Lipinski definition) is 6. The number of amides is 1. The van der Waals surface area contributed by atoms with E-state index < -0.39 is 11.9 Å². The molecule has 40 heavy (non-hydrogen) atoms. The fourth-order valence-electron chi connectivity index (χ4n) is 4.57. The Morgan fingerprint density at radius 3 is 2.58 bits per heavy atom. The molecular weight excluding hydrogens is 504 g/mol. The lowest BCUT2D eigenvalue weighted by atomic mass is 9.91. The van der Waals surface area contributed by atoms with Crippen molar-refractivity contribution < 1.29 is 19.1 Å². The number of benzene rings is 3. The van der Waals surface area contributed by atoms with Crippen molar-refractivity contribution >= 4 is 34.8 Å². The fourth-order valence-corrected chi connectivity index (χ4v) is 4.57. The molecule has 2 heterocycles. The van der Waals surface area contributed by atoms with Gasteiger partial charge in [0.2, 0.25) is 0 Å². The SMILES string of the molecule is C#C.C/C=N\N1Cc2c(cccc2-c2ccc3cc[nH]c3c2)C(OCc2ccccc2)=C1C(=O)NCC(=O)OC. The zero-order chi connectivity index (χ0) is 28.5. The van der Waals surface area contributed by atoms with E-state index in [-0.39, 0.29) is 18.8 Å². The van der Waals surface area contributed by atoms with E-state index in [1.54, 1.807) is 18.1 Å². The number of aromatic amines is 1. The van der Waals surface area contributed by atoms with Gasteiger partial charge in [-0.15, -0.1) is 12.8 Å². The molecule has 0 radical (unpaired) electrons. The van der Waals surface area contributed by atoms with Crippen molar-refractivity contribution in [2.24, 2.45) is 5.10 Å². The number of H-pyrrole nitrogens is 1. The lowest BCUT2D eigenvalue weighted by molar-refractivity contribution is -0.140. The summed E-state index contributed by atoms with van der Waals surface area (Å²) in [4.78, 5) is 28.5. The molecule has 8 heteroatoms. The van der Waals surface area contributed by atoms with Gasteiger partial charge in [-0.3, -0.25) is 14.6 Å². The average molecular weight is 535 g/mol. The summed E-state index contributed by atoms with van der Waals surface area (Å²) in [5.74, 6) is -0.631. The van der Waals surface area contributed by atoms with E-state index in [0.717, 1.165) is 38.7 Å². The van der Waals surface area contributed by atoms with Crippen molar-refractivity contribution in [3.8, 4) is 24.0 Å². The van der Waals surface area contributed by atoms with Crippen molar-refractivity contribution in [1.29, 1.82) is 0 Å².